The van der Waals surface area contributed by atoms with Crippen LogP contribution in [0.4, 0.5) is 5.82 Å². The van der Waals surface area contributed by atoms with Gasteiger partial charge in [0.25, 0.3) is 0 Å². The quantitative estimate of drug-likeness (QED) is 0.864. The SMILES string of the molecule is CC(C)C1CCCC(O)(Cc2ccnc(N)c2)C1. The van der Waals surface area contributed by atoms with Crippen molar-refractivity contribution in [3.63, 3.8) is 0 Å². The number of rotatable bonds is 3. The molecule has 2 rings (SSSR count). The van der Waals surface area contributed by atoms with E-state index in [2.05, 4.69) is 18.8 Å². The average molecular weight is 248 g/mol. The number of hydrogen-bond acceptors (Lipinski definition) is 3. The van der Waals surface area contributed by atoms with E-state index in [-0.39, 0.29) is 0 Å². The van der Waals surface area contributed by atoms with Crippen molar-refractivity contribution in [1.82, 2.24) is 4.98 Å². The number of anilines is 1. The molecule has 18 heavy (non-hydrogen) atoms. The van der Waals surface area contributed by atoms with Crippen molar-refractivity contribution in [1.29, 1.82) is 0 Å². The first-order valence-electron chi connectivity index (χ1n) is 6.91. The largest absolute Gasteiger partial charge is 0.390 e. The highest BCUT2D eigenvalue weighted by molar-refractivity contribution is 5.32. The standard InChI is InChI=1S/C15H24N2O/c1-11(2)13-4-3-6-15(18,10-13)9-12-5-7-17-14(16)8-12/h5,7-8,11,13,18H,3-4,6,9-10H2,1-2H3,(H2,16,17). The van der Waals surface area contributed by atoms with Gasteiger partial charge in [0.05, 0.1) is 5.60 Å². The second-order valence-corrected chi connectivity index (χ2v) is 6.09. The summed E-state index contributed by atoms with van der Waals surface area (Å²) < 4.78 is 0. The van der Waals surface area contributed by atoms with Crippen LogP contribution < -0.4 is 5.73 Å². The van der Waals surface area contributed by atoms with E-state index < -0.39 is 5.60 Å². The fourth-order valence-corrected chi connectivity index (χ4v) is 3.10. The van der Waals surface area contributed by atoms with Crippen LogP contribution in [0.15, 0.2) is 18.3 Å². The van der Waals surface area contributed by atoms with E-state index in [0.717, 1.165) is 24.8 Å². The number of aromatic nitrogens is 1. The average Bonchev–Trinajstić information content (AvgIpc) is 2.28. The third-order valence-corrected chi connectivity index (χ3v) is 4.18. The van der Waals surface area contributed by atoms with Crippen LogP contribution in [0.2, 0.25) is 0 Å². The predicted molar refractivity (Wildman–Crippen MR) is 74.1 cm³/mol. The van der Waals surface area contributed by atoms with Crippen molar-refractivity contribution >= 4 is 5.82 Å². The van der Waals surface area contributed by atoms with Crippen LogP contribution in [-0.4, -0.2) is 15.7 Å². The molecule has 2 unspecified atom stereocenters. The molecule has 1 aliphatic carbocycles. The number of hydrogen-bond donors (Lipinski definition) is 2. The lowest BCUT2D eigenvalue weighted by atomic mass is 9.71. The number of nitrogen functional groups attached to an aromatic ring is 1. The number of nitrogens with two attached hydrogens (primary N) is 1. The molecule has 1 fully saturated rings. The molecule has 2 atom stereocenters. The second-order valence-electron chi connectivity index (χ2n) is 6.09. The maximum Gasteiger partial charge on any atom is 0.123 e. The lowest BCUT2D eigenvalue weighted by Crippen LogP contribution is -2.38. The van der Waals surface area contributed by atoms with E-state index in [1.54, 1.807) is 6.20 Å². The summed E-state index contributed by atoms with van der Waals surface area (Å²) in [6.45, 7) is 4.50. The van der Waals surface area contributed by atoms with E-state index in [4.69, 9.17) is 5.73 Å². The van der Waals surface area contributed by atoms with Crippen molar-refractivity contribution in [3.05, 3.63) is 23.9 Å². The maximum absolute atomic E-state index is 10.8. The van der Waals surface area contributed by atoms with Crippen LogP contribution in [0, 0.1) is 11.8 Å². The molecule has 3 nitrogen and oxygen atoms in total. The number of aliphatic hydroxyl groups is 1. The molecule has 3 N–H and O–H groups in total. The summed E-state index contributed by atoms with van der Waals surface area (Å²) in [6.07, 6.45) is 6.60. The molecule has 1 aliphatic rings. The summed E-state index contributed by atoms with van der Waals surface area (Å²) >= 11 is 0. The summed E-state index contributed by atoms with van der Waals surface area (Å²) in [5.41, 5.74) is 6.23. The molecule has 0 bridgehead atoms. The Labute approximate surface area is 109 Å². The van der Waals surface area contributed by atoms with Gasteiger partial charge in [-0.1, -0.05) is 20.3 Å². The Morgan fingerprint density at radius 1 is 1.56 bits per heavy atom. The highest BCUT2D eigenvalue weighted by Crippen LogP contribution is 2.38. The van der Waals surface area contributed by atoms with E-state index in [9.17, 15) is 5.11 Å². The normalized spacial score (nSPS) is 28.6. The Hall–Kier alpha value is -1.09. The van der Waals surface area contributed by atoms with Gasteiger partial charge in [-0.15, -0.1) is 0 Å². The van der Waals surface area contributed by atoms with Crippen molar-refractivity contribution in [2.24, 2.45) is 11.8 Å². The van der Waals surface area contributed by atoms with Gasteiger partial charge in [-0.3, -0.25) is 0 Å². The maximum atomic E-state index is 10.8. The van der Waals surface area contributed by atoms with Gasteiger partial charge < -0.3 is 10.8 Å². The van der Waals surface area contributed by atoms with E-state index >= 15 is 0 Å². The van der Waals surface area contributed by atoms with Crippen molar-refractivity contribution in [2.45, 2.75) is 51.6 Å². The minimum atomic E-state index is -0.555. The topological polar surface area (TPSA) is 59.1 Å². The third kappa shape index (κ3) is 3.22. The smallest absolute Gasteiger partial charge is 0.123 e. The Balaban J connectivity index is 2.07. The van der Waals surface area contributed by atoms with Crippen molar-refractivity contribution in [2.75, 3.05) is 5.73 Å². The van der Waals surface area contributed by atoms with Crippen LogP contribution in [-0.2, 0) is 6.42 Å². The van der Waals surface area contributed by atoms with Gasteiger partial charge in [0.2, 0.25) is 0 Å². The van der Waals surface area contributed by atoms with Gasteiger partial charge in [0.15, 0.2) is 0 Å². The first-order chi connectivity index (χ1) is 8.48. The minimum absolute atomic E-state index is 0.535. The Kier molecular flexibility index (Phi) is 3.91. The third-order valence-electron chi connectivity index (χ3n) is 4.18. The Morgan fingerprint density at radius 3 is 3.00 bits per heavy atom. The molecule has 3 heteroatoms. The van der Waals surface area contributed by atoms with Gasteiger partial charge in [0.1, 0.15) is 5.82 Å². The number of pyridine rings is 1. The van der Waals surface area contributed by atoms with Crippen LogP contribution >= 0.6 is 0 Å². The van der Waals surface area contributed by atoms with E-state index in [0.29, 0.717) is 24.1 Å². The summed E-state index contributed by atoms with van der Waals surface area (Å²) in [7, 11) is 0. The van der Waals surface area contributed by atoms with Crippen molar-refractivity contribution in [3.8, 4) is 0 Å². The lowest BCUT2D eigenvalue weighted by Gasteiger charge is -2.38. The first kappa shape index (κ1) is 13.3. The summed E-state index contributed by atoms with van der Waals surface area (Å²) in [5.74, 6) is 1.83. The van der Waals surface area contributed by atoms with Gasteiger partial charge >= 0.3 is 0 Å². The zero-order valence-corrected chi connectivity index (χ0v) is 11.4. The lowest BCUT2D eigenvalue weighted by molar-refractivity contribution is -0.0239. The van der Waals surface area contributed by atoms with Crippen LogP contribution in [0.5, 0.6) is 0 Å². The molecule has 1 saturated carbocycles. The van der Waals surface area contributed by atoms with E-state index in [1.807, 2.05) is 12.1 Å². The molecule has 100 valence electrons. The molecular weight excluding hydrogens is 224 g/mol. The molecule has 1 aromatic heterocycles. The molecule has 0 saturated heterocycles. The molecule has 0 radical (unpaired) electrons. The molecule has 1 aromatic rings. The number of nitrogens with zero attached hydrogens (tertiary/aromatic N) is 1. The molecule has 1 heterocycles. The zero-order chi connectivity index (χ0) is 13.2. The van der Waals surface area contributed by atoms with Crippen molar-refractivity contribution < 1.29 is 5.11 Å². The molecule has 0 aliphatic heterocycles. The van der Waals surface area contributed by atoms with Crippen LogP contribution in [0.3, 0.4) is 0 Å². The zero-order valence-electron chi connectivity index (χ0n) is 11.4. The minimum Gasteiger partial charge on any atom is -0.390 e. The molecule has 0 aromatic carbocycles. The second kappa shape index (κ2) is 5.27. The molecule has 0 amide bonds. The highest BCUT2D eigenvalue weighted by Gasteiger charge is 2.35. The van der Waals surface area contributed by atoms with Crippen LogP contribution in [0.25, 0.3) is 0 Å². The Morgan fingerprint density at radius 2 is 2.33 bits per heavy atom. The summed E-state index contributed by atoms with van der Waals surface area (Å²) in [6, 6.07) is 3.82. The highest BCUT2D eigenvalue weighted by atomic mass is 16.3. The Bertz CT molecular complexity index is 405. The van der Waals surface area contributed by atoms with E-state index in [1.165, 1.54) is 6.42 Å². The van der Waals surface area contributed by atoms with Gasteiger partial charge in [-0.05, 0) is 48.8 Å². The fraction of sp³-hybridized carbons (Fsp3) is 0.667. The van der Waals surface area contributed by atoms with Crippen LogP contribution in [0.1, 0.15) is 45.1 Å². The molecular formula is C15H24N2O. The fourth-order valence-electron chi connectivity index (χ4n) is 3.10. The summed E-state index contributed by atoms with van der Waals surface area (Å²) in [4.78, 5) is 3.99. The van der Waals surface area contributed by atoms with Gasteiger partial charge in [0, 0.05) is 12.6 Å². The molecule has 0 spiro atoms. The monoisotopic (exact) mass is 248 g/mol. The van der Waals surface area contributed by atoms with Gasteiger partial charge in [-0.2, -0.15) is 0 Å². The predicted octanol–water partition coefficient (Wildman–Crippen LogP) is 2.78. The van der Waals surface area contributed by atoms with Gasteiger partial charge in [-0.25, -0.2) is 4.98 Å². The summed E-state index contributed by atoms with van der Waals surface area (Å²) in [5, 5.41) is 10.8. The first-order valence-corrected chi connectivity index (χ1v) is 6.91.